The maximum absolute atomic E-state index is 12.2. The van der Waals surface area contributed by atoms with Gasteiger partial charge in [0.15, 0.2) is 0 Å². The number of aromatic nitrogens is 3. The molecular weight excluding hydrogens is 278 g/mol. The molecule has 1 aromatic carbocycles. The molecule has 3 aromatic rings. The molecule has 100 valence electrons. The number of aromatic amines is 1. The van der Waals surface area contributed by atoms with Crippen LogP contribution in [0.25, 0.3) is 10.9 Å². The number of hydrogen-bond donors (Lipinski definition) is 3. The van der Waals surface area contributed by atoms with Gasteiger partial charge in [0.1, 0.15) is 5.15 Å². The molecule has 6 nitrogen and oxygen atoms in total. The molecule has 3 rings (SSSR count). The van der Waals surface area contributed by atoms with Gasteiger partial charge in [-0.05, 0) is 24.3 Å². The lowest BCUT2D eigenvalue weighted by atomic mass is 10.1. The standard InChI is InChI=1S/C13H10ClN5O/c14-11-3-4-16-13(18-11)19-12(20)9-6-17-10-2-1-7(15)5-8(9)10/h1-6,17H,15H2,(H,16,18,19,20). The molecule has 4 N–H and O–H groups in total. The molecule has 0 fully saturated rings. The number of benzene rings is 1. The molecule has 20 heavy (non-hydrogen) atoms. The van der Waals surface area contributed by atoms with Gasteiger partial charge in [-0.15, -0.1) is 0 Å². The van der Waals surface area contributed by atoms with Crippen LogP contribution in [-0.2, 0) is 0 Å². The number of nitrogens with zero attached hydrogens (tertiary/aromatic N) is 2. The van der Waals surface area contributed by atoms with Gasteiger partial charge in [0.05, 0.1) is 5.56 Å². The lowest BCUT2D eigenvalue weighted by Gasteiger charge is -2.02. The number of rotatable bonds is 2. The van der Waals surface area contributed by atoms with Crippen molar-refractivity contribution in [2.45, 2.75) is 0 Å². The number of anilines is 2. The summed E-state index contributed by atoms with van der Waals surface area (Å²) in [7, 11) is 0. The van der Waals surface area contributed by atoms with E-state index in [0.717, 1.165) is 10.9 Å². The van der Waals surface area contributed by atoms with E-state index in [-0.39, 0.29) is 17.0 Å². The van der Waals surface area contributed by atoms with Gasteiger partial charge < -0.3 is 10.7 Å². The molecule has 0 aliphatic heterocycles. The highest BCUT2D eigenvalue weighted by atomic mass is 35.5. The minimum atomic E-state index is -0.330. The molecular formula is C13H10ClN5O. The average molecular weight is 288 g/mol. The number of H-pyrrole nitrogens is 1. The van der Waals surface area contributed by atoms with E-state index < -0.39 is 0 Å². The largest absolute Gasteiger partial charge is 0.399 e. The zero-order valence-electron chi connectivity index (χ0n) is 10.2. The predicted molar refractivity (Wildman–Crippen MR) is 77.7 cm³/mol. The van der Waals surface area contributed by atoms with Gasteiger partial charge in [0, 0.05) is 29.0 Å². The lowest BCUT2D eigenvalue weighted by Crippen LogP contribution is -2.13. The summed E-state index contributed by atoms with van der Waals surface area (Å²) in [6.07, 6.45) is 3.09. The van der Waals surface area contributed by atoms with E-state index in [1.54, 1.807) is 18.3 Å². The topological polar surface area (TPSA) is 96.7 Å². The highest BCUT2D eigenvalue weighted by Crippen LogP contribution is 2.21. The summed E-state index contributed by atoms with van der Waals surface area (Å²) in [6.45, 7) is 0. The zero-order chi connectivity index (χ0) is 14.1. The maximum Gasteiger partial charge on any atom is 0.260 e. The van der Waals surface area contributed by atoms with Crippen molar-refractivity contribution >= 4 is 40.0 Å². The van der Waals surface area contributed by atoms with Crippen LogP contribution in [-0.4, -0.2) is 20.9 Å². The minimum absolute atomic E-state index is 0.153. The number of amides is 1. The highest BCUT2D eigenvalue weighted by Gasteiger charge is 2.13. The minimum Gasteiger partial charge on any atom is -0.399 e. The Bertz CT molecular complexity index is 798. The van der Waals surface area contributed by atoms with Crippen LogP contribution in [0.15, 0.2) is 36.7 Å². The number of nitrogens with two attached hydrogens (primary N) is 1. The second-order valence-corrected chi connectivity index (χ2v) is 4.55. The van der Waals surface area contributed by atoms with Gasteiger partial charge in [0.2, 0.25) is 5.95 Å². The van der Waals surface area contributed by atoms with Crippen LogP contribution in [0.5, 0.6) is 0 Å². The van der Waals surface area contributed by atoms with Gasteiger partial charge in [-0.25, -0.2) is 9.97 Å². The van der Waals surface area contributed by atoms with Crippen LogP contribution in [0.1, 0.15) is 10.4 Å². The number of hydrogen-bond acceptors (Lipinski definition) is 4. The van der Waals surface area contributed by atoms with E-state index in [1.807, 2.05) is 6.07 Å². The normalized spacial score (nSPS) is 10.7. The number of halogens is 1. The summed E-state index contributed by atoms with van der Waals surface area (Å²) in [5.41, 5.74) is 7.62. The van der Waals surface area contributed by atoms with Gasteiger partial charge in [-0.1, -0.05) is 11.6 Å². The van der Waals surface area contributed by atoms with Gasteiger partial charge in [-0.2, -0.15) is 0 Å². The SMILES string of the molecule is Nc1ccc2[nH]cc(C(=O)Nc3nccc(Cl)n3)c2c1. The van der Waals surface area contributed by atoms with Crippen LogP contribution in [0.3, 0.4) is 0 Å². The van der Waals surface area contributed by atoms with Crippen molar-refractivity contribution in [3.8, 4) is 0 Å². The van der Waals surface area contributed by atoms with E-state index in [4.69, 9.17) is 17.3 Å². The highest BCUT2D eigenvalue weighted by molar-refractivity contribution is 6.29. The fourth-order valence-corrected chi connectivity index (χ4v) is 2.03. The molecule has 0 spiro atoms. The molecule has 0 unspecified atom stereocenters. The first-order chi connectivity index (χ1) is 9.63. The smallest absolute Gasteiger partial charge is 0.260 e. The van der Waals surface area contributed by atoms with Crippen molar-refractivity contribution in [1.82, 2.24) is 15.0 Å². The second kappa shape index (κ2) is 4.82. The third-order valence-corrected chi connectivity index (χ3v) is 3.01. The second-order valence-electron chi connectivity index (χ2n) is 4.16. The van der Waals surface area contributed by atoms with Crippen molar-refractivity contribution in [2.75, 3.05) is 11.1 Å². The van der Waals surface area contributed by atoms with Gasteiger partial charge in [0.25, 0.3) is 5.91 Å². The quantitative estimate of drug-likeness (QED) is 0.498. The molecule has 1 amide bonds. The lowest BCUT2D eigenvalue weighted by molar-refractivity contribution is 0.102. The number of fused-ring (bicyclic) bond motifs is 1. The van der Waals surface area contributed by atoms with E-state index in [9.17, 15) is 4.79 Å². The van der Waals surface area contributed by atoms with Gasteiger partial charge in [-0.3, -0.25) is 10.1 Å². The Balaban J connectivity index is 1.94. The van der Waals surface area contributed by atoms with Crippen LogP contribution < -0.4 is 11.1 Å². The molecule has 0 aliphatic carbocycles. The first-order valence-electron chi connectivity index (χ1n) is 5.80. The van der Waals surface area contributed by atoms with Crippen LogP contribution in [0.2, 0.25) is 5.15 Å². The van der Waals surface area contributed by atoms with Crippen molar-refractivity contribution in [1.29, 1.82) is 0 Å². The predicted octanol–water partition coefficient (Wildman–Crippen LogP) is 2.45. The van der Waals surface area contributed by atoms with E-state index in [1.165, 1.54) is 12.3 Å². The fourth-order valence-electron chi connectivity index (χ4n) is 1.89. The Morgan fingerprint density at radius 3 is 3.00 bits per heavy atom. The monoisotopic (exact) mass is 287 g/mol. The molecule has 7 heteroatoms. The third kappa shape index (κ3) is 2.28. The van der Waals surface area contributed by atoms with Crippen molar-refractivity contribution in [2.24, 2.45) is 0 Å². The fraction of sp³-hybridized carbons (Fsp3) is 0. The molecule has 0 saturated carbocycles. The summed E-state index contributed by atoms with van der Waals surface area (Å²) in [4.78, 5) is 23.1. The molecule has 0 bridgehead atoms. The zero-order valence-corrected chi connectivity index (χ0v) is 11.0. The third-order valence-electron chi connectivity index (χ3n) is 2.80. The van der Waals surface area contributed by atoms with Crippen molar-refractivity contribution in [3.05, 3.63) is 47.4 Å². The maximum atomic E-state index is 12.2. The van der Waals surface area contributed by atoms with E-state index in [2.05, 4.69) is 20.3 Å². The van der Waals surface area contributed by atoms with E-state index >= 15 is 0 Å². The number of nitrogens with one attached hydrogen (secondary N) is 2. The van der Waals surface area contributed by atoms with Crippen molar-refractivity contribution < 1.29 is 4.79 Å². The molecule has 0 radical (unpaired) electrons. The Kier molecular flexibility index (Phi) is 3.00. The first kappa shape index (κ1) is 12.4. The Hall–Kier alpha value is -2.60. The summed E-state index contributed by atoms with van der Waals surface area (Å²) < 4.78 is 0. The molecule has 0 aliphatic rings. The summed E-state index contributed by atoms with van der Waals surface area (Å²) in [5, 5.41) is 3.59. The average Bonchev–Trinajstić information content (AvgIpc) is 2.81. The van der Waals surface area contributed by atoms with Gasteiger partial charge >= 0.3 is 0 Å². The molecule has 2 aromatic heterocycles. The van der Waals surface area contributed by atoms with Crippen LogP contribution in [0, 0.1) is 0 Å². The number of carbonyl (C=O) groups is 1. The van der Waals surface area contributed by atoms with Crippen LogP contribution >= 0.6 is 11.6 Å². The Labute approximate surface area is 119 Å². The Morgan fingerprint density at radius 2 is 2.20 bits per heavy atom. The number of nitrogen functional groups attached to an aromatic ring is 1. The summed E-state index contributed by atoms with van der Waals surface area (Å²) in [6, 6.07) is 6.85. The molecule has 0 saturated heterocycles. The van der Waals surface area contributed by atoms with Crippen molar-refractivity contribution in [3.63, 3.8) is 0 Å². The summed E-state index contributed by atoms with van der Waals surface area (Å²) >= 11 is 5.74. The molecule has 2 heterocycles. The summed E-state index contributed by atoms with van der Waals surface area (Å²) in [5.74, 6) is -0.176. The first-order valence-corrected chi connectivity index (χ1v) is 6.18. The van der Waals surface area contributed by atoms with Crippen LogP contribution in [0.4, 0.5) is 11.6 Å². The number of carbonyl (C=O) groups excluding carboxylic acids is 1. The van der Waals surface area contributed by atoms with E-state index in [0.29, 0.717) is 11.3 Å². The Morgan fingerprint density at radius 1 is 1.35 bits per heavy atom. The molecule has 0 atom stereocenters.